The van der Waals surface area contributed by atoms with Crippen LogP contribution in [0.1, 0.15) is 36.2 Å². The normalized spacial score (nSPS) is 24.8. The first-order valence-corrected chi connectivity index (χ1v) is 10.5. The van der Waals surface area contributed by atoms with Gasteiger partial charge in [-0.15, -0.1) is 0 Å². The Kier molecular flexibility index (Phi) is 5.10. The summed E-state index contributed by atoms with van der Waals surface area (Å²) < 4.78 is 45.4. The smallest absolute Gasteiger partial charge is 0.379 e. The number of benzene rings is 1. The highest BCUT2D eigenvalue weighted by molar-refractivity contribution is 5.88. The second kappa shape index (κ2) is 7.80. The van der Waals surface area contributed by atoms with E-state index in [1.807, 2.05) is 12.1 Å². The third-order valence-electron chi connectivity index (χ3n) is 6.35. The Bertz CT molecular complexity index is 1080. The Hall–Kier alpha value is -2.65. The third-order valence-corrected chi connectivity index (χ3v) is 6.35. The number of morpholine rings is 1. The van der Waals surface area contributed by atoms with E-state index in [-0.39, 0.29) is 23.8 Å². The molecular weight excluding hydrogens is 407 g/mol. The molecule has 1 fully saturated rings. The molecule has 1 aliphatic carbocycles. The fraction of sp³-hybridized carbons (Fsp3) is 0.455. The van der Waals surface area contributed by atoms with Crippen LogP contribution in [0.4, 0.5) is 19.0 Å². The molecule has 0 bridgehead atoms. The SMILES string of the molecule is C[C@@H]1COCCN1[C@@H]1CCc2ccccc2[C@H]1Nc1ncnc2[nH]c(C(F)(F)F)cc12. The zero-order valence-corrected chi connectivity index (χ0v) is 17.1. The molecule has 0 spiro atoms. The first-order valence-electron chi connectivity index (χ1n) is 10.5. The molecule has 6 nitrogen and oxygen atoms in total. The van der Waals surface area contributed by atoms with Crippen molar-refractivity contribution < 1.29 is 17.9 Å². The number of ether oxygens (including phenoxy) is 1. The molecule has 5 rings (SSSR count). The Morgan fingerprint density at radius 1 is 1.23 bits per heavy atom. The summed E-state index contributed by atoms with van der Waals surface area (Å²) in [6.07, 6.45) is -1.26. The lowest BCUT2D eigenvalue weighted by molar-refractivity contribution is -0.140. The van der Waals surface area contributed by atoms with Crippen LogP contribution in [0.3, 0.4) is 0 Å². The predicted octanol–water partition coefficient (Wildman–Crippen LogP) is 4.17. The molecule has 0 saturated carbocycles. The number of aromatic amines is 1. The lowest BCUT2D eigenvalue weighted by atomic mass is 9.82. The van der Waals surface area contributed by atoms with E-state index in [0.717, 1.165) is 31.0 Å². The Morgan fingerprint density at radius 2 is 2.06 bits per heavy atom. The van der Waals surface area contributed by atoms with Gasteiger partial charge in [0.25, 0.3) is 0 Å². The molecule has 0 unspecified atom stereocenters. The summed E-state index contributed by atoms with van der Waals surface area (Å²) in [6, 6.07) is 9.68. The van der Waals surface area contributed by atoms with E-state index in [2.05, 4.69) is 44.2 Å². The second-order valence-electron chi connectivity index (χ2n) is 8.25. The highest BCUT2D eigenvalue weighted by Gasteiger charge is 2.38. The van der Waals surface area contributed by atoms with Gasteiger partial charge in [0.1, 0.15) is 23.5 Å². The fourth-order valence-electron chi connectivity index (χ4n) is 4.86. The number of aryl methyl sites for hydroxylation is 1. The standard InChI is InChI=1S/C22H24F3N5O/c1-13-11-31-9-8-30(13)17-7-6-14-4-2-3-5-15(14)19(17)29-21-16-10-18(22(23,24)25)28-20(16)26-12-27-21/h2-5,10,12-13,17,19H,6-9,11H2,1H3,(H2,26,27,28,29)/t13-,17-,19-/m1/s1. The first kappa shape index (κ1) is 20.3. The lowest BCUT2D eigenvalue weighted by Crippen LogP contribution is -2.53. The van der Waals surface area contributed by atoms with Crippen molar-refractivity contribution in [2.75, 3.05) is 25.1 Å². The predicted molar refractivity (Wildman–Crippen MR) is 111 cm³/mol. The molecule has 0 radical (unpaired) electrons. The van der Waals surface area contributed by atoms with E-state index in [1.165, 1.54) is 11.9 Å². The Labute approximate surface area is 177 Å². The number of aromatic nitrogens is 3. The first-order chi connectivity index (χ1) is 14.9. The zero-order chi connectivity index (χ0) is 21.6. The Balaban J connectivity index is 1.55. The average Bonchev–Trinajstić information content (AvgIpc) is 3.21. The molecule has 2 aliphatic rings. The topological polar surface area (TPSA) is 66.1 Å². The van der Waals surface area contributed by atoms with Gasteiger partial charge in [-0.3, -0.25) is 4.90 Å². The second-order valence-corrected chi connectivity index (χ2v) is 8.25. The molecule has 3 aromatic rings. The number of rotatable bonds is 3. The van der Waals surface area contributed by atoms with E-state index >= 15 is 0 Å². The number of hydrogen-bond donors (Lipinski definition) is 2. The highest BCUT2D eigenvalue weighted by atomic mass is 19.4. The van der Waals surface area contributed by atoms with Gasteiger partial charge in [0.05, 0.1) is 24.6 Å². The van der Waals surface area contributed by atoms with Crippen LogP contribution in [0.25, 0.3) is 11.0 Å². The van der Waals surface area contributed by atoms with Gasteiger partial charge in [-0.05, 0) is 37.0 Å². The molecule has 31 heavy (non-hydrogen) atoms. The van der Waals surface area contributed by atoms with Gasteiger partial charge < -0.3 is 15.0 Å². The van der Waals surface area contributed by atoms with Crippen LogP contribution in [0.2, 0.25) is 0 Å². The minimum absolute atomic E-state index is 0.104. The van der Waals surface area contributed by atoms with Crippen LogP contribution in [0, 0.1) is 0 Å². The summed E-state index contributed by atoms with van der Waals surface area (Å²) >= 11 is 0. The van der Waals surface area contributed by atoms with Crippen molar-refractivity contribution in [2.45, 2.75) is 44.1 Å². The van der Waals surface area contributed by atoms with Crippen molar-refractivity contribution in [1.82, 2.24) is 19.9 Å². The van der Waals surface area contributed by atoms with Gasteiger partial charge in [0.2, 0.25) is 0 Å². The van der Waals surface area contributed by atoms with Gasteiger partial charge in [0, 0.05) is 18.6 Å². The average molecular weight is 431 g/mol. The summed E-state index contributed by atoms with van der Waals surface area (Å²) in [5.74, 6) is 0.407. The number of hydrogen-bond acceptors (Lipinski definition) is 5. The van der Waals surface area contributed by atoms with Crippen LogP contribution in [0.15, 0.2) is 36.7 Å². The minimum Gasteiger partial charge on any atom is -0.379 e. The summed E-state index contributed by atoms with van der Waals surface area (Å²) in [4.78, 5) is 13.1. The summed E-state index contributed by atoms with van der Waals surface area (Å²) in [6.45, 7) is 4.34. The minimum atomic E-state index is -4.47. The van der Waals surface area contributed by atoms with Crippen LogP contribution in [-0.2, 0) is 17.3 Å². The van der Waals surface area contributed by atoms with Crippen molar-refractivity contribution in [2.24, 2.45) is 0 Å². The number of anilines is 1. The molecule has 9 heteroatoms. The number of nitrogens with zero attached hydrogens (tertiary/aromatic N) is 3. The number of nitrogens with one attached hydrogen (secondary N) is 2. The molecular formula is C22H24F3N5O. The van der Waals surface area contributed by atoms with Gasteiger partial charge in [-0.2, -0.15) is 13.2 Å². The Morgan fingerprint density at radius 3 is 2.87 bits per heavy atom. The van der Waals surface area contributed by atoms with Gasteiger partial charge in [0.15, 0.2) is 0 Å². The molecule has 1 aliphatic heterocycles. The van der Waals surface area contributed by atoms with Gasteiger partial charge >= 0.3 is 6.18 Å². The van der Waals surface area contributed by atoms with Gasteiger partial charge in [-0.1, -0.05) is 24.3 Å². The van der Waals surface area contributed by atoms with E-state index < -0.39 is 11.9 Å². The molecule has 3 heterocycles. The van der Waals surface area contributed by atoms with Crippen molar-refractivity contribution in [3.63, 3.8) is 0 Å². The van der Waals surface area contributed by atoms with Crippen molar-refractivity contribution in [3.8, 4) is 0 Å². The number of fused-ring (bicyclic) bond motifs is 2. The molecule has 2 N–H and O–H groups in total. The molecule has 0 amide bonds. The van der Waals surface area contributed by atoms with E-state index in [0.29, 0.717) is 24.4 Å². The largest absolute Gasteiger partial charge is 0.431 e. The third kappa shape index (κ3) is 3.76. The van der Waals surface area contributed by atoms with Crippen molar-refractivity contribution >= 4 is 16.9 Å². The summed E-state index contributed by atoms with van der Waals surface area (Å²) in [5.41, 5.74) is 1.77. The van der Waals surface area contributed by atoms with Crippen molar-refractivity contribution in [1.29, 1.82) is 0 Å². The van der Waals surface area contributed by atoms with Crippen LogP contribution in [-0.4, -0.2) is 51.7 Å². The molecule has 1 aromatic carbocycles. The van der Waals surface area contributed by atoms with Crippen LogP contribution >= 0.6 is 0 Å². The zero-order valence-electron chi connectivity index (χ0n) is 17.1. The lowest BCUT2D eigenvalue weighted by Gasteiger charge is -2.45. The summed E-state index contributed by atoms with van der Waals surface area (Å²) in [5, 5.41) is 3.83. The van der Waals surface area contributed by atoms with Crippen molar-refractivity contribution in [3.05, 3.63) is 53.5 Å². The number of halogens is 3. The van der Waals surface area contributed by atoms with Crippen LogP contribution in [0.5, 0.6) is 0 Å². The molecule has 1 saturated heterocycles. The quantitative estimate of drug-likeness (QED) is 0.652. The molecule has 164 valence electrons. The van der Waals surface area contributed by atoms with E-state index in [4.69, 9.17) is 4.74 Å². The maximum Gasteiger partial charge on any atom is 0.431 e. The molecule has 3 atom stereocenters. The van der Waals surface area contributed by atoms with E-state index in [1.54, 1.807) is 0 Å². The summed E-state index contributed by atoms with van der Waals surface area (Å²) in [7, 11) is 0. The molecule has 2 aromatic heterocycles. The number of H-pyrrole nitrogens is 1. The van der Waals surface area contributed by atoms with Crippen LogP contribution < -0.4 is 5.32 Å². The van der Waals surface area contributed by atoms with Gasteiger partial charge in [-0.25, -0.2) is 9.97 Å². The highest BCUT2D eigenvalue weighted by Crippen LogP contribution is 2.38. The fourth-order valence-corrected chi connectivity index (χ4v) is 4.86. The van der Waals surface area contributed by atoms with E-state index in [9.17, 15) is 13.2 Å². The monoisotopic (exact) mass is 431 g/mol. The maximum atomic E-state index is 13.2. The maximum absolute atomic E-state index is 13.2. The number of alkyl halides is 3.